The van der Waals surface area contributed by atoms with E-state index in [4.69, 9.17) is 18.0 Å². The molecule has 0 aromatic heterocycles. The number of hydrogen-bond donors (Lipinski definition) is 2. The first kappa shape index (κ1) is 11.4. The molecule has 0 bridgehead atoms. The molecule has 0 aliphatic heterocycles. The number of benzene rings is 1. The van der Waals surface area contributed by atoms with Crippen LogP contribution in [0.15, 0.2) is 24.3 Å². The highest BCUT2D eigenvalue weighted by Gasteiger charge is 2.14. The molecule has 3 N–H and O–H groups in total. The smallest absolute Gasteiger partial charge is 0.103 e. The predicted octanol–water partition coefficient (Wildman–Crippen LogP) is 2.92. The van der Waals surface area contributed by atoms with Gasteiger partial charge in [0.1, 0.15) is 4.99 Å². The molecule has 1 fully saturated rings. The zero-order valence-electron chi connectivity index (χ0n) is 9.41. The minimum atomic E-state index is 0.461. The molecular formula is C13H18N2S. The van der Waals surface area contributed by atoms with E-state index in [0.717, 1.165) is 23.7 Å². The van der Waals surface area contributed by atoms with Crippen LogP contribution in [-0.4, -0.2) is 11.5 Å². The van der Waals surface area contributed by atoms with E-state index in [1.165, 1.54) is 25.7 Å². The van der Waals surface area contributed by atoms with E-state index in [1.807, 2.05) is 24.3 Å². The average Bonchev–Trinajstić information content (AvgIpc) is 2.80. The minimum absolute atomic E-state index is 0.461. The maximum Gasteiger partial charge on any atom is 0.103 e. The maximum absolute atomic E-state index is 5.55. The Morgan fingerprint density at radius 1 is 1.25 bits per heavy atom. The Bertz CT molecular complexity index is 353. The number of nitrogens with two attached hydrogens (primary N) is 1. The lowest BCUT2D eigenvalue weighted by Gasteiger charge is -2.11. The molecule has 86 valence electrons. The van der Waals surface area contributed by atoms with Crippen molar-refractivity contribution in [3.63, 3.8) is 0 Å². The number of thiocarbonyl (C=S) groups is 1. The summed E-state index contributed by atoms with van der Waals surface area (Å²) in [6.07, 6.45) is 5.54. The van der Waals surface area contributed by atoms with Gasteiger partial charge >= 0.3 is 0 Å². The van der Waals surface area contributed by atoms with Crippen LogP contribution in [0, 0.1) is 5.92 Å². The maximum atomic E-state index is 5.55. The van der Waals surface area contributed by atoms with Gasteiger partial charge in [0.25, 0.3) is 0 Å². The quantitative estimate of drug-likeness (QED) is 0.787. The molecule has 0 atom stereocenters. The zero-order valence-corrected chi connectivity index (χ0v) is 10.2. The van der Waals surface area contributed by atoms with Gasteiger partial charge in [0.2, 0.25) is 0 Å². The molecule has 3 heteroatoms. The van der Waals surface area contributed by atoms with E-state index < -0.39 is 0 Å². The summed E-state index contributed by atoms with van der Waals surface area (Å²) in [6.45, 7) is 1.09. The molecule has 0 spiro atoms. The van der Waals surface area contributed by atoms with Gasteiger partial charge in [0.15, 0.2) is 0 Å². The molecule has 0 heterocycles. The summed E-state index contributed by atoms with van der Waals surface area (Å²) in [6, 6.07) is 8.03. The third-order valence-electron chi connectivity index (χ3n) is 3.24. The van der Waals surface area contributed by atoms with Gasteiger partial charge in [-0.25, -0.2) is 0 Å². The topological polar surface area (TPSA) is 38.0 Å². The summed E-state index contributed by atoms with van der Waals surface area (Å²) in [4.78, 5) is 0.461. The molecule has 1 aromatic carbocycles. The van der Waals surface area contributed by atoms with Crippen molar-refractivity contribution in [3.05, 3.63) is 29.8 Å². The number of rotatable bonds is 4. The summed E-state index contributed by atoms with van der Waals surface area (Å²) in [5.41, 5.74) is 7.64. The van der Waals surface area contributed by atoms with E-state index in [-0.39, 0.29) is 0 Å². The van der Waals surface area contributed by atoms with Crippen LogP contribution < -0.4 is 11.1 Å². The zero-order chi connectivity index (χ0) is 11.4. The van der Waals surface area contributed by atoms with Crippen LogP contribution in [0.4, 0.5) is 5.69 Å². The fourth-order valence-corrected chi connectivity index (χ4v) is 2.37. The molecule has 16 heavy (non-hydrogen) atoms. The molecule has 1 aromatic rings. The monoisotopic (exact) mass is 234 g/mol. The van der Waals surface area contributed by atoms with Gasteiger partial charge < -0.3 is 11.1 Å². The molecule has 2 rings (SSSR count). The van der Waals surface area contributed by atoms with E-state index in [9.17, 15) is 0 Å². The second kappa shape index (κ2) is 5.30. The molecule has 1 aliphatic rings. The van der Waals surface area contributed by atoms with Crippen LogP contribution in [-0.2, 0) is 0 Å². The van der Waals surface area contributed by atoms with Crippen LogP contribution in [0.2, 0.25) is 0 Å². The summed E-state index contributed by atoms with van der Waals surface area (Å²) < 4.78 is 0. The second-order valence-electron chi connectivity index (χ2n) is 4.47. The normalized spacial score (nSPS) is 16.2. The van der Waals surface area contributed by atoms with Gasteiger partial charge in [-0.15, -0.1) is 0 Å². The standard InChI is InChI=1S/C13H18N2S/c14-13(16)11-5-7-12(8-6-11)15-9-10-3-1-2-4-10/h5-8,10,15H,1-4,9H2,(H2,14,16). The van der Waals surface area contributed by atoms with Crippen molar-refractivity contribution in [1.82, 2.24) is 0 Å². The molecular weight excluding hydrogens is 216 g/mol. The second-order valence-corrected chi connectivity index (χ2v) is 4.91. The van der Waals surface area contributed by atoms with E-state index in [1.54, 1.807) is 0 Å². The van der Waals surface area contributed by atoms with Crippen LogP contribution in [0.1, 0.15) is 31.2 Å². The van der Waals surface area contributed by atoms with Crippen molar-refractivity contribution in [2.75, 3.05) is 11.9 Å². The van der Waals surface area contributed by atoms with Crippen molar-refractivity contribution in [2.45, 2.75) is 25.7 Å². The summed E-state index contributed by atoms with van der Waals surface area (Å²) in [5, 5.41) is 3.47. The van der Waals surface area contributed by atoms with Crippen LogP contribution in [0.3, 0.4) is 0 Å². The van der Waals surface area contributed by atoms with Gasteiger partial charge in [-0.05, 0) is 43.0 Å². The molecule has 1 aliphatic carbocycles. The van der Waals surface area contributed by atoms with Crippen molar-refractivity contribution in [1.29, 1.82) is 0 Å². The van der Waals surface area contributed by atoms with Crippen molar-refractivity contribution in [2.24, 2.45) is 11.7 Å². The lowest BCUT2D eigenvalue weighted by molar-refractivity contribution is 0.580. The summed E-state index contributed by atoms with van der Waals surface area (Å²) >= 11 is 4.91. The van der Waals surface area contributed by atoms with Crippen molar-refractivity contribution < 1.29 is 0 Å². The van der Waals surface area contributed by atoms with Gasteiger partial charge in [0, 0.05) is 17.8 Å². The Morgan fingerprint density at radius 3 is 2.44 bits per heavy atom. The highest BCUT2D eigenvalue weighted by molar-refractivity contribution is 7.80. The SMILES string of the molecule is NC(=S)c1ccc(NCC2CCCC2)cc1. The molecule has 0 saturated heterocycles. The molecule has 0 amide bonds. The molecule has 1 saturated carbocycles. The summed E-state index contributed by atoms with van der Waals surface area (Å²) in [5.74, 6) is 0.857. The van der Waals surface area contributed by atoms with Gasteiger partial charge in [-0.2, -0.15) is 0 Å². The fraction of sp³-hybridized carbons (Fsp3) is 0.462. The Labute approximate surface area is 102 Å². The van der Waals surface area contributed by atoms with Crippen molar-refractivity contribution in [3.8, 4) is 0 Å². The first-order valence-electron chi connectivity index (χ1n) is 5.89. The largest absolute Gasteiger partial charge is 0.389 e. The third-order valence-corrected chi connectivity index (χ3v) is 3.47. The van der Waals surface area contributed by atoms with Crippen LogP contribution in [0.5, 0.6) is 0 Å². The minimum Gasteiger partial charge on any atom is -0.389 e. The van der Waals surface area contributed by atoms with Crippen LogP contribution in [0.25, 0.3) is 0 Å². The Kier molecular flexibility index (Phi) is 3.78. The summed E-state index contributed by atoms with van der Waals surface area (Å²) in [7, 11) is 0. The Hall–Kier alpha value is -1.09. The molecule has 2 nitrogen and oxygen atoms in total. The average molecular weight is 234 g/mol. The van der Waals surface area contributed by atoms with Gasteiger partial charge in [-0.3, -0.25) is 0 Å². The lowest BCUT2D eigenvalue weighted by Crippen LogP contribution is -2.12. The molecule has 0 unspecified atom stereocenters. The first-order valence-corrected chi connectivity index (χ1v) is 6.30. The van der Waals surface area contributed by atoms with Gasteiger partial charge in [-0.1, -0.05) is 25.1 Å². The lowest BCUT2D eigenvalue weighted by atomic mass is 10.1. The van der Waals surface area contributed by atoms with E-state index in [2.05, 4.69) is 5.32 Å². The first-order chi connectivity index (χ1) is 7.75. The molecule has 0 radical (unpaired) electrons. The highest BCUT2D eigenvalue weighted by atomic mass is 32.1. The number of nitrogens with one attached hydrogen (secondary N) is 1. The number of anilines is 1. The highest BCUT2D eigenvalue weighted by Crippen LogP contribution is 2.24. The van der Waals surface area contributed by atoms with Crippen molar-refractivity contribution >= 4 is 22.9 Å². The Morgan fingerprint density at radius 2 is 1.88 bits per heavy atom. The number of hydrogen-bond acceptors (Lipinski definition) is 2. The van der Waals surface area contributed by atoms with E-state index >= 15 is 0 Å². The van der Waals surface area contributed by atoms with Gasteiger partial charge in [0.05, 0.1) is 0 Å². The Balaban J connectivity index is 1.87. The fourth-order valence-electron chi connectivity index (χ4n) is 2.23. The van der Waals surface area contributed by atoms with Crippen LogP contribution >= 0.6 is 12.2 Å². The van der Waals surface area contributed by atoms with E-state index in [0.29, 0.717) is 4.99 Å². The predicted molar refractivity (Wildman–Crippen MR) is 72.8 cm³/mol. The third kappa shape index (κ3) is 2.95.